The van der Waals surface area contributed by atoms with Crippen LogP contribution >= 0.6 is 12.4 Å². The van der Waals surface area contributed by atoms with Gasteiger partial charge in [0.1, 0.15) is 11.5 Å². The Bertz CT molecular complexity index is 393. The predicted octanol–water partition coefficient (Wildman–Crippen LogP) is 2.00. The first-order valence-electron chi connectivity index (χ1n) is 5.68. The van der Waals surface area contributed by atoms with Gasteiger partial charge in [0.05, 0.1) is 0 Å². The van der Waals surface area contributed by atoms with E-state index in [1.165, 1.54) is 12.8 Å². The van der Waals surface area contributed by atoms with Crippen LogP contribution in [0.15, 0.2) is 18.2 Å². The van der Waals surface area contributed by atoms with E-state index in [4.69, 9.17) is 5.73 Å². The molecule has 17 heavy (non-hydrogen) atoms. The van der Waals surface area contributed by atoms with Gasteiger partial charge in [0, 0.05) is 6.04 Å². The Hall–Kier alpha value is -1.29. The van der Waals surface area contributed by atoms with E-state index in [0.29, 0.717) is 11.5 Å². The van der Waals surface area contributed by atoms with Gasteiger partial charge in [0.2, 0.25) is 0 Å². The third-order valence-electron chi connectivity index (χ3n) is 2.76. The predicted molar refractivity (Wildman–Crippen MR) is 70.2 cm³/mol. The molecule has 3 N–H and O–H groups in total. The molecular weight excluding hydrogens is 238 g/mol. The lowest BCUT2D eigenvalue weighted by Crippen LogP contribution is -2.33. The van der Waals surface area contributed by atoms with Crippen molar-refractivity contribution in [1.82, 2.24) is 10.3 Å². The average Bonchev–Trinajstić information content (AvgIpc) is 3.01. The fourth-order valence-electron chi connectivity index (χ4n) is 1.79. The molecule has 1 heterocycles. The number of carbonyl (C=O) groups is 1. The molecule has 1 saturated carbocycles. The summed E-state index contributed by atoms with van der Waals surface area (Å²) in [5, 5.41) is 2.94. The highest BCUT2D eigenvalue weighted by molar-refractivity contribution is 5.92. The second-order valence-corrected chi connectivity index (χ2v) is 4.50. The lowest BCUT2D eigenvalue weighted by molar-refractivity contribution is 0.0932. The molecule has 1 aromatic rings. The van der Waals surface area contributed by atoms with E-state index in [1.54, 1.807) is 18.2 Å². The van der Waals surface area contributed by atoms with Crippen LogP contribution in [0.25, 0.3) is 0 Å². The first-order chi connectivity index (χ1) is 7.65. The number of rotatable bonds is 4. The Labute approximate surface area is 107 Å². The minimum Gasteiger partial charge on any atom is -0.384 e. The van der Waals surface area contributed by atoms with Crippen LogP contribution in [-0.4, -0.2) is 16.9 Å². The molecule has 5 heteroatoms. The van der Waals surface area contributed by atoms with E-state index < -0.39 is 0 Å². The van der Waals surface area contributed by atoms with Crippen molar-refractivity contribution in [2.24, 2.45) is 5.92 Å². The molecule has 0 saturated heterocycles. The zero-order valence-corrected chi connectivity index (χ0v) is 10.7. The van der Waals surface area contributed by atoms with E-state index >= 15 is 0 Å². The summed E-state index contributed by atoms with van der Waals surface area (Å²) in [7, 11) is 0. The number of aromatic nitrogens is 1. The summed E-state index contributed by atoms with van der Waals surface area (Å²) in [4.78, 5) is 15.8. The van der Waals surface area contributed by atoms with Crippen molar-refractivity contribution in [3.8, 4) is 0 Å². The smallest absolute Gasteiger partial charge is 0.270 e. The van der Waals surface area contributed by atoms with Gasteiger partial charge in [-0.05, 0) is 31.4 Å². The molecule has 1 atom stereocenters. The molecule has 0 spiro atoms. The Morgan fingerprint density at radius 1 is 1.59 bits per heavy atom. The molecule has 1 aromatic heterocycles. The summed E-state index contributed by atoms with van der Waals surface area (Å²) >= 11 is 0. The Balaban J connectivity index is 0.00000144. The minimum absolute atomic E-state index is 0. The van der Waals surface area contributed by atoms with Gasteiger partial charge in [0.15, 0.2) is 0 Å². The molecular formula is C12H18ClN3O. The number of hydrogen-bond acceptors (Lipinski definition) is 3. The number of anilines is 1. The number of nitrogens with zero attached hydrogens (tertiary/aromatic N) is 1. The molecule has 1 aliphatic carbocycles. The summed E-state index contributed by atoms with van der Waals surface area (Å²) in [6.07, 6.45) is 3.67. The molecule has 4 nitrogen and oxygen atoms in total. The fourth-order valence-corrected chi connectivity index (χ4v) is 1.79. The first-order valence-corrected chi connectivity index (χ1v) is 5.68. The van der Waals surface area contributed by atoms with Gasteiger partial charge in [-0.15, -0.1) is 12.4 Å². The van der Waals surface area contributed by atoms with Crippen LogP contribution in [0.2, 0.25) is 0 Å². The van der Waals surface area contributed by atoms with Crippen molar-refractivity contribution >= 4 is 24.1 Å². The van der Waals surface area contributed by atoms with Crippen LogP contribution in [0.3, 0.4) is 0 Å². The third-order valence-corrected chi connectivity index (χ3v) is 2.76. The van der Waals surface area contributed by atoms with Crippen molar-refractivity contribution < 1.29 is 4.79 Å². The van der Waals surface area contributed by atoms with Crippen molar-refractivity contribution in [1.29, 1.82) is 0 Å². The lowest BCUT2D eigenvalue weighted by atomic mass is 10.1. The van der Waals surface area contributed by atoms with Crippen LogP contribution in [-0.2, 0) is 0 Å². The quantitative estimate of drug-likeness (QED) is 0.865. The Morgan fingerprint density at radius 3 is 2.88 bits per heavy atom. The third kappa shape index (κ3) is 4.23. The van der Waals surface area contributed by atoms with Crippen molar-refractivity contribution in [3.63, 3.8) is 0 Å². The molecule has 1 aliphatic rings. The molecule has 0 radical (unpaired) electrons. The van der Waals surface area contributed by atoms with E-state index in [-0.39, 0.29) is 24.4 Å². The highest BCUT2D eigenvalue weighted by Crippen LogP contribution is 2.33. The van der Waals surface area contributed by atoms with Gasteiger partial charge in [-0.1, -0.05) is 18.9 Å². The molecule has 1 unspecified atom stereocenters. The summed E-state index contributed by atoms with van der Waals surface area (Å²) in [6, 6.07) is 5.30. The number of nitrogens with two attached hydrogens (primary N) is 1. The van der Waals surface area contributed by atoms with E-state index in [0.717, 1.165) is 12.3 Å². The highest BCUT2D eigenvalue weighted by atomic mass is 35.5. The van der Waals surface area contributed by atoms with Crippen LogP contribution in [0.4, 0.5) is 5.82 Å². The first kappa shape index (κ1) is 13.8. The normalized spacial score (nSPS) is 15.8. The molecule has 1 fully saturated rings. The Kier molecular flexibility index (Phi) is 4.75. The molecule has 2 rings (SSSR count). The van der Waals surface area contributed by atoms with E-state index in [1.807, 2.05) is 6.92 Å². The number of halogens is 1. The van der Waals surface area contributed by atoms with E-state index in [2.05, 4.69) is 10.3 Å². The van der Waals surface area contributed by atoms with E-state index in [9.17, 15) is 4.79 Å². The highest BCUT2D eigenvalue weighted by Gasteiger charge is 2.24. The number of amides is 1. The number of nitrogens with one attached hydrogen (secondary N) is 1. The molecule has 1 amide bonds. The van der Waals surface area contributed by atoms with Crippen LogP contribution in [0, 0.1) is 5.92 Å². The SMILES string of the molecule is CC(CC1CC1)NC(=O)c1cccc(N)n1.Cl. The second kappa shape index (κ2) is 5.87. The number of nitrogen functional groups attached to an aromatic ring is 1. The molecule has 0 bridgehead atoms. The zero-order chi connectivity index (χ0) is 11.5. The fraction of sp³-hybridized carbons (Fsp3) is 0.500. The number of carbonyl (C=O) groups excluding carboxylic acids is 1. The molecule has 0 aliphatic heterocycles. The van der Waals surface area contributed by atoms with Gasteiger partial charge in [0.25, 0.3) is 5.91 Å². The van der Waals surface area contributed by atoms with Crippen molar-refractivity contribution in [2.75, 3.05) is 5.73 Å². The maximum atomic E-state index is 11.8. The summed E-state index contributed by atoms with van der Waals surface area (Å²) < 4.78 is 0. The largest absolute Gasteiger partial charge is 0.384 e. The van der Waals surface area contributed by atoms with Crippen molar-refractivity contribution in [2.45, 2.75) is 32.2 Å². The van der Waals surface area contributed by atoms with Crippen LogP contribution in [0.1, 0.15) is 36.7 Å². The molecule has 0 aromatic carbocycles. The van der Waals surface area contributed by atoms with Gasteiger partial charge in [-0.3, -0.25) is 4.79 Å². The van der Waals surface area contributed by atoms with Gasteiger partial charge in [-0.2, -0.15) is 0 Å². The maximum absolute atomic E-state index is 11.8. The number of pyridine rings is 1. The van der Waals surface area contributed by atoms with Crippen LogP contribution in [0.5, 0.6) is 0 Å². The van der Waals surface area contributed by atoms with Gasteiger partial charge < -0.3 is 11.1 Å². The number of hydrogen-bond donors (Lipinski definition) is 2. The van der Waals surface area contributed by atoms with Crippen molar-refractivity contribution in [3.05, 3.63) is 23.9 Å². The molecule has 94 valence electrons. The average molecular weight is 256 g/mol. The topological polar surface area (TPSA) is 68.0 Å². The Morgan fingerprint density at radius 2 is 2.29 bits per heavy atom. The second-order valence-electron chi connectivity index (χ2n) is 4.50. The summed E-state index contributed by atoms with van der Waals surface area (Å²) in [6.45, 7) is 2.03. The van der Waals surface area contributed by atoms with Gasteiger partial charge in [-0.25, -0.2) is 4.98 Å². The van der Waals surface area contributed by atoms with Gasteiger partial charge >= 0.3 is 0 Å². The maximum Gasteiger partial charge on any atom is 0.270 e. The zero-order valence-electron chi connectivity index (χ0n) is 9.85. The van der Waals surface area contributed by atoms with Crippen LogP contribution < -0.4 is 11.1 Å². The minimum atomic E-state index is -0.138. The standard InChI is InChI=1S/C12H17N3O.ClH/c1-8(7-9-5-6-9)14-12(16)10-3-2-4-11(13)15-10;/h2-4,8-9H,5-7H2,1H3,(H2,13,15)(H,14,16);1H. The lowest BCUT2D eigenvalue weighted by Gasteiger charge is -2.12. The summed E-state index contributed by atoms with van der Waals surface area (Å²) in [5.74, 6) is 1.05. The monoisotopic (exact) mass is 255 g/mol. The summed E-state index contributed by atoms with van der Waals surface area (Å²) in [5.41, 5.74) is 5.92.